The fourth-order valence-electron chi connectivity index (χ4n) is 3.56. The zero-order chi connectivity index (χ0) is 14.1. The molecule has 3 aromatic rings. The van der Waals surface area contributed by atoms with E-state index in [-0.39, 0.29) is 0 Å². The van der Waals surface area contributed by atoms with E-state index >= 15 is 0 Å². The van der Waals surface area contributed by atoms with Crippen LogP contribution in [0.25, 0.3) is 21.8 Å². The molecule has 0 unspecified atom stereocenters. The minimum absolute atomic E-state index is 1.28. The van der Waals surface area contributed by atoms with Crippen molar-refractivity contribution in [3.63, 3.8) is 0 Å². The molecule has 1 aromatic carbocycles. The third-order valence-corrected chi connectivity index (χ3v) is 4.97. The first-order valence-corrected chi connectivity index (χ1v) is 6.89. The van der Waals surface area contributed by atoms with Gasteiger partial charge in [-0.1, -0.05) is 0 Å². The Hall–Kier alpha value is -1.70. The number of hydrogen-bond acceptors (Lipinski definition) is 0. The lowest BCUT2D eigenvalue weighted by Crippen LogP contribution is -1.93. The summed E-state index contributed by atoms with van der Waals surface area (Å²) in [5.41, 5.74) is 10.9. The predicted molar refractivity (Wildman–Crippen MR) is 83.2 cm³/mol. The van der Waals surface area contributed by atoms with E-state index in [1.807, 2.05) is 0 Å². The number of aromatic amines is 1. The summed E-state index contributed by atoms with van der Waals surface area (Å²) in [6.07, 6.45) is 0. The number of aromatic nitrogens is 2. The van der Waals surface area contributed by atoms with Crippen LogP contribution in [0.4, 0.5) is 0 Å². The monoisotopic (exact) mass is 254 g/mol. The van der Waals surface area contributed by atoms with Crippen LogP contribution in [0.3, 0.4) is 0 Å². The molecule has 0 aliphatic heterocycles. The molecule has 0 bridgehead atoms. The van der Waals surface area contributed by atoms with Gasteiger partial charge in [-0.05, 0) is 63.8 Å². The number of benzene rings is 1. The third kappa shape index (κ3) is 1.32. The van der Waals surface area contributed by atoms with Crippen molar-refractivity contribution in [2.75, 3.05) is 0 Å². The highest BCUT2D eigenvalue weighted by atomic mass is 14.9. The first-order chi connectivity index (χ1) is 8.86. The summed E-state index contributed by atoms with van der Waals surface area (Å²) in [4.78, 5) is 3.57. The first-order valence-electron chi connectivity index (χ1n) is 6.89. The van der Waals surface area contributed by atoms with Crippen molar-refractivity contribution in [2.24, 2.45) is 7.05 Å². The average molecular weight is 254 g/mol. The SMILES string of the molecule is Cc1[nH]c2c(C)c3c(c(C)c(C)n3C)c(C)c2c1C. The van der Waals surface area contributed by atoms with Crippen LogP contribution in [-0.2, 0) is 7.05 Å². The van der Waals surface area contributed by atoms with Gasteiger partial charge in [0.05, 0.1) is 11.0 Å². The summed E-state index contributed by atoms with van der Waals surface area (Å²) in [5.74, 6) is 0. The van der Waals surface area contributed by atoms with Gasteiger partial charge >= 0.3 is 0 Å². The third-order valence-electron chi connectivity index (χ3n) is 4.97. The van der Waals surface area contributed by atoms with E-state index < -0.39 is 0 Å². The molecule has 0 saturated carbocycles. The first kappa shape index (κ1) is 12.3. The molecule has 19 heavy (non-hydrogen) atoms. The number of fused-ring (bicyclic) bond motifs is 2. The van der Waals surface area contributed by atoms with Crippen molar-refractivity contribution in [3.05, 3.63) is 33.6 Å². The minimum Gasteiger partial charge on any atom is -0.358 e. The number of aryl methyl sites for hydroxylation is 6. The maximum absolute atomic E-state index is 3.57. The van der Waals surface area contributed by atoms with E-state index in [4.69, 9.17) is 0 Å². The Balaban J connectivity index is 2.73. The maximum atomic E-state index is 3.57. The van der Waals surface area contributed by atoms with Gasteiger partial charge < -0.3 is 9.55 Å². The van der Waals surface area contributed by atoms with Crippen molar-refractivity contribution >= 4 is 21.8 Å². The zero-order valence-corrected chi connectivity index (χ0v) is 12.9. The van der Waals surface area contributed by atoms with Crippen molar-refractivity contribution in [1.29, 1.82) is 0 Å². The highest BCUT2D eigenvalue weighted by Crippen LogP contribution is 2.38. The molecule has 0 saturated heterocycles. The maximum Gasteiger partial charge on any atom is 0.0536 e. The molecule has 1 N–H and O–H groups in total. The predicted octanol–water partition coefficient (Wildman–Crippen LogP) is 4.51. The van der Waals surface area contributed by atoms with Crippen LogP contribution < -0.4 is 0 Å². The molecule has 0 amide bonds. The second-order valence-electron chi connectivity index (χ2n) is 5.87. The van der Waals surface area contributed by atoms with Gasteiger partial charge in [0.1, 0.15) is 0 Å². The van der Waals surface area contributed by atoms with Crippen LogP contribution in [-0.4, -0.2) is 9.55 Å². The summed E-state index contributed by atoms with van der Waals surface area (Å²) in [5, 5.41) is 2.85. The van der Waals surface area contributed by atoms with Crippen LogP contribution in [0.2, 0.25) is 0 Å². The molecule has 100 valence electrons. The number of nitrogens with zero attached hydrogens (tertiary/aromatic N) is 1. The van der Waals surface area contributed by atoms with E-state index in [0.717, 1.165) is 0 Å². The Kier molecular flexibility index (Phi) is 2.38. The standard InChI is InChI=1S/C17H22N2/c1-8-12(5)18-16-11(4)17-15(10(3)14(8)16)9(2)13(6)19(17)7/h18H,1-7H3. The summed E-state index contributed by atoms with van der Waals surface area (Å²) in [6.45, 7) is 13.3. The Morgan fingerprint density at radius 1 is 0.737 bits per heavy atom. The average Bonchev–Trinajstić information content (AvgIpc) is 2.78. The molecule has 2 aromatic heterocycles. The topological polar surface area (TPSA) is 20.7 Å². The number of hydrogen-bond donors (Lipinski definition) is 1. The van der Waals surface area contributed by atoms with Gasteiger partial charge in [0.25, 0.3) is 0 Å². The van der Waals surface area contributed by atoms with Crippen LogP contribution in [0, 0.1) is 41.5 Å². The molecule has 0 aliphatic rings. The number of rotatable bonds is 0. The Morgan fingerprint density at radius 3 is 2.00 bits per heavy atom. The highest BCUT2D eigenvalue weighted by molar-refractivity contribution is 6.06. The van der Waals surface area contributed by atoms with Crippen molar-refractivity contribution in [3.8, 4) is 0 Å². The van der Waals surface area contributed by atoms with Gasteiger partial charge in [0, 0.05) is 29.2 Å². The molecule has 0 spiro atoms. The van der Waals surface area contributed by atoms with Crippen LogP contribution in [0.15, 0.2) is 0 Å². The second kappa shape index (κ2) is 3.66. The van der Waals surface area contributed by atoms with Gasteiger partial charge in [0.2, 0.25) is 0 Å². The van der Waals surface area contributed by atoms with Gasteiger partial charge in [-0.15, -0.1) is 0 Å². The quantitative estimate of drug-likeness (QED) is 0.609. The Labute approximate surface area is 114 Å². The van der Waals surface area contributed by atoms with Gasteiger partial charge in [0.15, 0.2) is 0 Å². The smallest absolute Gasteiger partial charge is 0.0536 e. The number of H-pyrrole nitrogens is 1. The summed E-state index contributed by atoms with van der Waals surface area (Å²) < 4.78 is 2.33. The van der Waals surface area contributed by atoms with E-state index in [2.05, 4.69) is 58.1 Å². The summed E-state index contributed by atoms with van der Waals surface area (Å²) in [6, 6.07) is 0. The van der Waals surface area contributed by atoms with E-state index in [9.17, 15) is 0 Å². The lowest BCUT2D eigenvalue weighted by Gasteiger charge is -2.08. The summed E-state index contributed by atoms with van der Waals surface area (Å²) >= 11 is 0. The normalized spacial score (nSPS) is 11.9. The Morgan fingerprint density at radius 2 is 1.37 bits per heavy atom. The molecule has 0 radical (unpaired) electrons. The lowest BCUT2D eigenvalue weighted by molar-refractivity contribution is 0.907. The molecule has 2 nitrogen and oxygen atoms in total. The zero-order valence-electron chi connectivity index (χ0n) is 12.9. The fourth-order valence-corrected chi connectivity index (χ4v) is 3.56. The van der Waals surface area contributed by atoms with Gasteiger partial charge in [-0.25, -0.2) is 0 Å². The van der Waals surface area contributed by atoms with Crippen LogP contribution in [0.5, 0.6) is 0 Å². The van der Waals surface area contributed by atoms with E-state index in [1.165, 1.54) is 55.4 Å². The Bertz CT molecular complexity index is 829. The largest absolute Gasteiger partial charge is 0.358 e. The lowest BCUT2D eigenvalue weighted by atomic mass is 9.97. The van der Waals surface area contributed by atoms with E-state index in [1.54, 1.807) is 0 Å². The van der Waals surface area contributed by atoms with Crippen molar-refractivity contribution in [2.45, 2.75) is 41.5 Å². The molecule has 2 heterocycles. The minimum atomic E-state index is 1.28. The molecular formula is C17H22N2. The summed E-state index contributed by atoms with van der Waals surface area (Å²) in [7, 11) is 2.17. The molecule has 0 atom stereocenters. The molecule has 2 heteroatoms. The van der Waals surface area contributed by atoms with E-state index in [0.29, 0.717) is 0 Å². The van der Waals surface area contributed by atoms with Gasteiger partial charge in [-0.3, -0.25) is 0 Å². The van der Waals surface area contributed by atoms with Crippen molar-refractivity contribution < 1.29 is 0 Å². The van der Waals surface area contributed by atoms with Gasteiger partial charge in [-0.2, -0.15) is 0 Å². The molecule has 0 aliphatic carbocycles. The van der Waals surface area contributed by atoms with Crippen LogP contribution in [0.1, 0.15) is 33.6 Å². The number of nitrogens with one attached hydrogen (secondary N) is 1. The second-order valence-corrected chi connectivity index (χ2v) is 5.87. The fraction of sp³-hybridized carbons (Fsp3) is 0.412. The van der Waals surface area contributed by atoms with Crippen LogP contribution >= 0.6 is 0 Å². The molecular weight excluding hydrogens is 232 g/mol. The molecule has 3 rings (SSSR count). The van der Waals surface area contributed by atoms with Crippen molar-refractivity contribution in [1.82, 2.24) is 9.55 Å². The highest BCUT2D eigenvalue weighted by Gasteiger charge is 2.19. The molecule has 0 fully saturated rings.